The third kappa shape index (κ3) is 6.62. The minimum atomic E-state index is 1.18. The lowest BCUT2D eigenvalue weighted by atomic mass is 10.0. The van der Waals surface area contributed by atoms with Gasteiger partial charge in [0.05, 0.1) is 0 Å². The van der Waals surface area contributed by atoms with Gasteiger partial charge in [0, 0.05) is 0 Å². The van der Waals surface area contributed by atoms with E-state index in [0.29, 0.717) is 0 Å². The number of rotatable bonds is 6. The summed E-state index contributed by atoms with van der Waals surface area (Å²) in [6, 6.07) is 0. The van der Waals surface area contributed by atoms with Crippen LogP contribution in [0.5, 0.6) is 0 Å². The summed E-state index contributed by atoms with van der Waals surface area (Å²) in [4.78, 5) is 0. The number of hydrogen-bond donors (Lipinski definition) is 0. The van der Waals surface area contributed by atoms with Crippen LogP contribution in [-0.2, 0) is 0 Å². The number of allylic oxidation sites excluding steroid dienone is 4. The number of hydrogen-bond acceptors (Lipinski definition) is 0. The summed E-state index contributed by atoms with van der Waals surface area (Å²) in [5.74, 6) is 0. The molecule has 0 aromatic heterocycles. The second kappa shape index (κ2) is 8.10. The van der Waals surface area contributed by atoms with Crippen molar-refractivity contribution in [3.63, 3.8) is 0 Å². The molecule has 13 heavy (non-hydrogen) atoms. The van der Waals surface area contributed by atoms with Crippen molar-refractivity contribution in [1.29, 1.82) is 0 Å². The van der Waals surface area contributed by atoms with Crippen molar-refractivity contribution in [2.24, 2.45) is 0 Å². The largest absolute Gasteiger partial charge is 0.0856 e. The Kier molecular flexibility index (Phi) is 7.77. The van der Waals surface area contributed by atoms with Crippen molar-refractivity contribution in [2.75, 3.05) is 0 Å². The first-order valence-corrected chi connectivity index (χ1v) is 5.58. The van der Waals surface area contributed by atoms with E-state index in [0.717, 1.165) is 0 Å². The molecule has 0 amide bonds. The van der Waals surface area contributed by atoms with Crippen molar-refractivity contribution in [2.45, 2.75) is 59.8 Å². The molecule has 0 radical (unpaired) electrons. The first-order valence-electron chi connectivity index (χ1n) is 5.58. The first kappa shape index (κ1) is 12.5. The van der Waals surface area contributed by atoms with Gasteiger partial charge in [0.15, 0.2) is 0 Å². The summed E-state index contributed by atoms with van der Waals surface area (Å²) in [5, 5.41) is 0. The molecule has 76 valence electrons. The minimum Gasteiger partial charge on any atom is -0.0856 e. The van der Waals surface area contributed by atoms with Gasteiger partial charge < -0.3 is 0 Å². The van der Waals surface area contributed by atoms with Crippen LogP contribution < -0.4 is 0 Å². The Morgan fingerprint density at radius 1 is 1.00 bits per heavy atom. The zero-order valence-electron chi connectivity index (χ0n) is 9.69. The van der Waals surface area contributed by atoms with Crippen molar-refractivity contribution in [3.8, 4) is 0 Å². The Morgan fingerprint density at radius 3 is 2.15 bits per heavy atom. The Balaban J connectivity index is 3.79. The standard InChI is InChI=1S/C13H24/c1-5-9-13(7-3)11-8-10-12(4)6-2/h9-10H,5-8,11H2,1-4H3. The predicted molar refractivity (Wildman–Crippen MR) is 61.9 cm³/mol. The van der Waals surface area contributed by atoms with Crippen LogP contribution in [0.1, 0.15) is 59.8 Å². The van der Waals surface area contributed by atoms with E-state index in [1.807, 2.05) is 0 Å². The summed E-state index contributed by atoms with van der Waals surface area (Å²) in [5.41, 5.74) is 3.13. The fourth-order valence-corrected chi connectivity index (χ4v) is 1.36. The summed E-state index contributed by atoms with van der Waals surface area (Å²) in [7, 11) is 0. The summed E-state index contributed by atoms with van der Waals surface area (Å²) in [6.45, 7) is 8.89. The lowest BCUT2D eigenvalue weighted by Gasteiger charge is -2.02. The third-order valence-corrected chi connectivity index (χ3v) is 2.46. The maximum atomic E-state index is 2.37. The zero-order valence-corrected chi connectivity index (χ0v) is 9.69. The lowest BCUT2D eigenvalue weighted by Crippen LogP contribution is -1.81. The molecule has 0 aliphatic carbocycles. The summed E-state index contributed by atoms with van der Waals surface area (Å²) >= 11 is 0. The maximum absolute atomic E-state index is 2.37. The van der Waals surface area contributed by atoms with Crippen LogP contribution in [0, 0.1) is 0 Å². The smallest absolute Gasteiger partial charge is 0.0286 e. The average molecular weight is 180 g/mol. The normalized spacial score (nSPS) is 13.5. The predicted octanol–water partition coefficient (Wildman–Crippen LogP) is 4.87. The molecule has 0 saturated carbocycles. The van der Waals surface area contributed by atoms with Gasteiger partial charge in [-0.25, -0.2) is 0 Å². The highest BCUT2D eigenvalue weighted by atomic mass is 14.0. The van der Waals surface area contributed by atoms with Crippen molar-refractivity contribution >= 4 is 0 Å². The van der Waals surface area contributed by atoms with E-state index < -0.39 is 0 Å². The Bertz CT molecular complexity index is 172. The zero-order chi connectivity index (χ0) is 10.1. The van der Waals surface area contributed by atoms with Crippen LogP contribution in [0.25, 0.3) is 0 Å². The topological polar surface area (TPSA) is 0 Å². The molecule has 0 saturated heterocycles. The molecule has 0 aliphatic rings. The molecule has 0 atom stereocenters. The van der Waals surface area contributed by atoms with Gasteiger partial charge in [-0.1, -0.05) is 44.1 Å². The molecule has 0 unspecified atom stereocenters. The second-order valence-electron chi connectivity index (χ2n) is 3.57. The van der Waals surface area contributed by atoms with E-state index in [1.165, 1.54) is 37.7 Å². The Morgan fingerprint density at radius 2 is 1.69 bits per heavy atom. The molecule has 0 N–H and O–H groups in total. The molecule has 0 spiro atoms. The molecule has 0 fully saturated rings. The van der Waals surface area contributed by atoms with E-state index >= 15 is 0 Å². The van der Waals surface area contributed by atoms with E-state index in [-0.39, 0.29) is 0 Å². The Hall–Kier alpha value is -0.520. The highest BCUT2D eigenvalue weighted by Gasteiger charge is 1.92. The van der Waals surface area contributed by atoms with Crippen LogP contribution in [-0.4, -0.2) is 0 Å². The minimum absolute atomic E-state index is 1.18. The van der Waals surface area contributed by atoms with Crippen LogP contribution in [0.4, 0.5) is 0 Å². The quantitative estimate of drug-likeness (QED) is 0.512. The molecule has 0 bridgehead atoms. The molecule has 0 nitrogen and oxygen atoms in total. The molecular weight excluding hydrogens is 156 g/mol. The highest BCUT2D eigenvalue weighted by Crippen LogP contribution is 2.12. The van der Waals surface area contributed by atoms with Gasteiger partial charge in [0.25, 0.3) is 0 Å². The van der Waals surface area contributed by atoms with E-state index in [2.05, 4.69) is 39.8 Å². The molecule has 0 rings (SSSR count). The fraction of sp³-hybridized carbons (Fsp3) is 0.692. The second-order valence-corrected chi connectivity index (χ2v) is 3.57. The molecule has 0 heteroatoms. The lowest BCUT2D eigenvalue weighted by molar-refractivity contribution is 0.883. The van der Waals surface area contributed by atoms with Crippen molar-refractivity contribution in [3.05, 3.63) is 23.3 Å². The summed E-state index contributed by atoms with van der Waals surface area (Å²) in [6.07, 6.45) is 10.8. The van der Waals surface area contributed by atoms with E-state index in [4.69, 9.17) is 0 Å². The van der Waals surface area contributed by atoms with Crippen molar-refractivity contribution in [1.82, 2.24) is 0 Å². The van der Waals surface area contributed by atoms with Gasteiger partial charge in [-0.2, -0.15) is 0 Å². The first-order chi connectivity index (χ1) is 6.24. The van der Waals surface area contributed by atoms with E-state index in [9.17, 15) is 0 Å². The van der Waals surface area contributed by atoms with Crippen LogP contribution in [0.2, 0.25) is 0 Å². The monoisotopic (exact) mass is 180 g/mol. The van der Waals surface area contributed by atoms with Crippen LogP contribution in [0.15, 0.2) is 23.3 Å². The molecule has 0 aliphatic heterocycles. The van der Waals surface area contributed by atoms with Gasteiger partial charge >= 0.3 is 0 Å². The van der Waals surface area contributed by atoms with Crippen molar-refractivity contribution < 1.29 is 0 Å². The fourth-order valence-electron chi connectivity index (χ4n) is 1.36. The highest BCUT2D eigenvalue weighted by molar-refractivity contribution is 5.04. The van der Waals surface area contributed by atoms with Gasteiger partial charge in [-0.15, -0.1) is 0 Å². The van der Waals surface area contributed by atoms with Gasteiger partial charge in [0.1, 0.15) is 0 Å². The van der Waals surface area contributed by atoms with Gasteiger partial charge in [-0.3, -0.25) is 0 Å². The van der Waals surface area contributed by atoms with Gasteiger partial charge in [-0.05, 0) is 39.0 Å². The Labute approximate surface area is 83.7 Å². The van der Waals surface area contributed by atoms with Gasteiger partial charge in [0.2, 0.25) is 0 Å². The maximum Gasteiger partial charge on any atom is -0.0286 e. The molecular formula is C13H24. The molecule has 0 aromatic carbocycles. The average Bonchev–Trinajstić information content (AvgIpc) is 2.16. The summed E-state index contributed by atoms with van der Waals surface area (Å²) < 4.78 is 0. The third-order valence-electron chi connectivity index (χ3n) is 2.46. The van der Waals surface area contributed by atoms with Crippen LogP contribution in [0.3, 0.4) is 0 Å². The molecule has 0 aromatic rings. The SMILES string of the molecule is CCC=C(CC)CCC=C(C)CC. The van der Waals surface area contributed by atoms with E-state index in [1.54, 1.807) is 5.57 Å². The van der Waals surface area contributed by atoms with Crippen LogP contribution >= 0.6 is 0 Å². The molecule has 0 heterocycles.